The molecule has 0 amide bonds. The number of quaternary nitrogens is 1. The lowest BCUT2D eigenvalue weighted by Crippen LogP contribution is -2.37. The second kappa shape index (κ2) is 57.1. The van der Waals surface area contributed by atoms with Crippen molar-refractivity contribution in [1.29, 1.82) is 0 Å². The number of phosphoric acid groups is 1. The number of rotatable bonds is 55. The first-order valence-corrected chi connectivity index (χ1v) is 32.3. The van der Waals surface area contributed by atoms with Crippen LogP contribution in [0.3, 0.4) is 0 Å². The number of nitrogens with zero attached hydrogens (tertiary/aromatic N) is 1. The summed E-state index contributed by atoms with van der Waals surface area (Å²) in [6, 6.07) is 0. The summed E-state index contributed by atoms with van der Waals surface area (Å²) in [5.41, 5.74) is 0. The van der Waals surface area contributed by atoms with Gasteiger partial charge in [0.05, 0.1) is 27.7 Å². The van der Waals surface area contributed by atoms with Crippen molar-refractivity contribution in [2.24, 2.45) is 0 Å². The Morgan fingerprint density at radius 1 is 0.416 bits per heavy atom. The van der Waals surface area contributed by atoms with Crippen molar-refractivity contribution < 1.29 is 42.1 Å². The highest BCUT2D eigenvalue weighted by Crippen LogP contribution is 2.43. The van der Waals surface area contributed by atoms with Gasteiger partial charge in [-0.05, 0) is 89.9 Å². The van der Waals surface area contributed by atoms with Gasteiger partial charge in [-0.2, -0.15) is 0 Å². The topological polar surface area (TPSA) is 108 Å². The summed E-state index contributed by atoms with van der Waals surface area (Å²) in [6.07, 6.45) is 81.3. The van der Waals surface area contributed by atoms with Gasteiger partial charge in [-0.3, -0.25) is 18.6 Å². The normalized spacial score (nSPS) is 14.1. The number of unbranched alkanes of at least 4 members (excludes halogenated alkanes) is 21. The van der Waals surface area contributed by atoms with E-state index in [1.165, 1.54) is 96.3 Å². The minimum Gasteiger partial charge on any atom is -0.462 e. The van der Waals surface area contributed by atoms with Crippen LogP contribution >= 0.6 is 7.82 Å². The third kappa shape index (κ3) is 61.5. The van der Waals surface area contributed by atoms with Gasteiger partial charge in [-0.25, -0.2) is 4.57 Å². The molecule has 9 nitrogen and oxygen atoms in total. The molecular weight excluding hydrogens is 978 g/mol. The number of carbonyl (C=O) groups excluding carboxylic acids is 2. The van der Waals surface area contributed by atoms with Gasteiger partial charge in [0.1, 0.15) is 19.8 Å². The van der Waals surface area contributed by atoms with Crippen molar-refractivity contribution in [3.63, 3.8) is 0 Å². The molecule has 10 heteroatoms. The molecule has 2 atom stereocenters. The molecule has 0 saturated carbocycles. The predicted octanol–water partition coefficient (Wildman–Crippen LogP) is 19.5. The maximum atomic E-state index is 12.8. The van der Waals surface area contributed by atoms with Gasteiger partial charge < -0.3 is 18.9 Å². The molecule has 77 heavy (non-hydrogen) atoms. The van der Waals surface area contributed by atoms with E-state index in [0.29, 0.717) is 17.4 Å². The van der Waals surface area contributed by atoms with Crippen LogP contribution in [0.2, 0.25) is 0 Å². The molecule has 0 rings (SSSR count). The molecule has 0 aliphatic rings. The number of ether oxygens (including phenoxy) is 2. The summed E-state index contributed by atoms with van der Waals surface area (Å²) in [4.78, 5) is 35.7. The Morgan fingerprint density at radius 2 is 0.740 bits per heavy atom. The highest BCUT2D eigenvalue weighted by atomic mass is 31.2. The molecule has 0 aromatic carbocycles. The Labute approximate surface area is 473 Å². The number of esters is 2. The lowest BCUT2D eigenvalue weighted by molar-refractivity contribution is -0.870. The summed E-state index contributed by atoms with van der Waals surface area (Å²) in [6.45, 7) is 4.29. The molecule has 0 bridgehead atoms. The fourth-order valence-corrected chi connectivity index (χ4v) is 8.78. The molecule has 0 aromatic heterocycles. The average molecular weight is 1090 g/mol. The third-order valence-electron chi connectivity index (χ3n) is 12.8. The first-order chi connectivity index (χ1) is 37.5. The van der Waals surface area contributed by atoms with E-state index in [-0.39, 0.29) is 32.0 Å². The Kier molecular flexibility index (Phi) is 54.4. The Morgan fingerprint density at radius 3 is 1.10 bits per heavy atom. The maximum absolute atomic E-state index is 12.8. The number of likely N-dealkylation sites (N-methyl/N-ethyl adjacent to an activating group) is 1. The van der Waals surface area contributed by atoms with E-state index in [4.69, 9.17) is 18.5 Å². The average Bonchev–Trinajstić information content (AvgIpc) is 3.39. The van der Waals surface area contributed by atoms with Crippen molar-refractivity contribution in [1.82, 2.24) is 0 Å². The first-order valence-electron chi connectivity index (χ1n) is 30.8. The fraction of sp³-hybridized carbons (Fsp3) is 0.672. The van der Waals surface area contributed by atoms with Crippen LogP contribution in [0.1, 0.15) is 239 Å². The van der Waals surface area contributed by atoms with Crippen LogP contribution in [0.25, 0.3) is 0 Å². The van der Waals surface area contributed by atoms with Gasteiger partial charge in [0.15, 0.2) is 6.10 Å². The largest absolute Gasteiger partial charge is 0.472 e. The van der Waals surface area contributed by atoms with Crippen LogP contribution in [-0.2, 0) is 32.7 Å². The van der Waals surface area contributed by atoms with Crippen molar-refractivity contribution in [2.75, 3.05) is 47.5 Å². The molecule has 0 radical (unpaired) electrons. The van der Waals surface area contributed by atoms with Gasteiger partial charge >= 0.3 is 19.8 Å². The molecular formula is C67H115NO8P+. The molecule has 0 spiro atoms. The lowest BCUT2D eigenvalue weighted by Gasteiger charge is -2.24. The zero-order valence-corrected chi connectivity index (χ0v) is 50.8. The number of carbonyl (C=O) groups is 2. The van der Waals surface area contributed by atoms with Crippen LogP contribution in [0.15, 0.2) is 122 Å². The van der Waals surface area contributed by atoms with E-state index >= 15 is 0 Å². The summed E-state index contributed by atoms with van der Waals surface area (Å²) in [5.74, 6) is -0.828. The summed E-state index contributed by atoms with van der Waals surface area (Å²) in [5, 5.41) is 0. The monoisotopic (exact) mass is 1090 g/mol. The van der Waals surface area contributed by atoms with Gasteiger partial charge in [-0.15, -0.1) is 0 Å². The summed E-state index contributed by atoms with van der Waals surface area (Å²) in [7, 11) is 1.45. The van der Waals surface area contributed by atoms with E-state index in [9.17, 15) is 19.0 Å². The zero-order valence-electron chi connectivity index (χ0n) is 49.9. The highest BCUT2D eigenvalue weighted by molar-refractivity contribution is 7.47. The van der Waals surface area contributed by atoms with E-state index in [0.717, 1.165) is 109 Å². The van der Waals surface area contributed by atoms with Crippen LogP contribution in [0.4, 0.5) is 0 Å². The summed E-state index contributed by atoms with van der Waals surface area (Å²) < 4.78 is 34.6. The Bertz CT molecular complexity index is 1710. The molecule has 0 aliphatic heterocycles. The van der Waals surface area contributed by atoms with Crippen molar-refractivity contribution in [3.8, 4) is 0 Å². The second-order valence-corrected chi connectivity index (χ2v) is 22.8. The van der Waals surface area contributed by atoms with E-state index in [1.54, 1.807) is 0 Å². The van der Waals surface area contributed by atoms with E-state index < -0.39 is 26.5 Å². The Balaban J connectivity index is 4.22. The van der Waals surface area contributed by atoms with Gasteiger partial charge in [0, 0.05) is 12.8 Å². The minimum absolute atomic E-state index is 0.0214. The number of hydrogen-bond donors (Lipinski definition) is 1. The number of hydrogen-bond acceptors (Lipinski definition) is 7. The molecule has 2 unspecified atom stereocenters. The first kappa shape index (κ1) is 73.4. The molecule has 0 heterocycles. The summed E-state index contributed by atoms with van der Waals surface area (Å²) >= 11 is 0. The molecule has 0 saturated heterocycles. The van der Waals surface area contributed by atoms with Gasteiger partial charge in [-0.1, -0.05) is 257 Å². The zero-order chi connectivity index (χ0) is 56.3. The van der Waals surface area contributed by atoms with Gasteiger partial charge in [0.25, 0.3) is 0 Å². The SMILES string of the molecule is CC/C=C\C/C=C\C/C=C\C/C=C\C/C=C\C/C=C\C/C=C\C/C=C\C/C=C\C/C=C\CCCCCCC(=O)OC(COC(=O)CCCCCCCCCCCCCCCCCCCC)COP(=O)(O)OCC[N+](C)(C)C. The second-order valence-electron chi connectivity index (χ2n) is 21.4. The number of allylic oxidation sites excluding steroid dienone is 20. The quantitative estimate of drug-likeness (QED) is 0.0211. The molecule has 0 aliphatic carbocycles. The van der Waals surface area contributed by atoms with Gasteiger partial charge in [0.2, 0.25) is 0 Å². The van der Waals surface area contributed by atoms with Crippen LogP contribution in [0.5, 0.6) is 0 Å². The highest BCUT2D eigenvalue weighted by Gasteiger charge is 2.27. The molecule has 1 N–H and O–H groups in total. The van der Waals surface area contributed by atoms with Crippen molar-refractivity contribution in [3.05, 3.63) is 122 Å². The van der Waals surface area contributed by atoms with Crippen LogP contribution in [0, 0.1) is 0 Å². The lowest BCUT2D eigenvalue weighted by atomic mass is 10.0. The standard InChI is InChI=1S/C67H114NO8P/c1-6-8-10-12-14-16-18-20-22-24-26-27-28-29-30-31-32-33-34-35-36-37-38-39-40-41-42-44-46-48-50-52-54-56-58-60-67(70)76-65(64-75-77(71,72)74-62-61-68(3,4)5)63-73-66(69)59-57-55-53-51-49-47-45-43-25-23-21-19-17-15-13-11-9-7-2/h8,10,14,16,20,22,26-27,29-30,32-33,35-36,38-39,41-42,46,48,65H,6-7,9,11-13,15,17-19,21,23-25,28,31,34,37,40,43-45,47,49-64H2,1-5H3/p+1/b10-8-,16-14-,22-20-,27-26-,30-29-,33-32-,36-35-,39-38-,42-41-,48-46-. The Hall–Kier alpha value is -3.59. The number of phosphoric ester groups is 1. The molecule has 0 fully saturated rings. The van der Waals surface area contributed by atoms with Crippen LogP contribution < -0.4 is 0 Å². The van der Waals surface area contributed by atoms with Crippen LogP contribution in [-0.4, -0.2) is 74.9 Å². The fourth-order valence-electron chi connectivity index (χ4n) is 8.04. The smallest absolute Gasteiger partial charge is 0.462 e. The van der Waals surface area contributed by atoms with E-state index in [1.807, 2.05) is 21.1 Å². The van der Waals surface area contributed by atoms with Crippen molar-refractivity contribution >= 4 is 19.8 Å². The maximum Gasteiger partial charge on any atom is 0.472 e. The molecule has 440 valence electrons. The predicted molar refractivity (Wildman–Crippen MR) is 330 cm³/mol. The molecule has 0 aromatic rings. The minimum atomic E-state index is -4.40. The van der Waals surface area contributed by atoms with E-state index in [2.05, 4.69) is 135 Å². The third-order valence-corrected chi connectivity index (χ3v) is 13.7. The van der Waals surface area contributed by atoms with Crippen molar-refractivity contribution in [2.45, 2.75) is 245 Å².